The Kier molecular flexibility index (Phi) is 6.99. The second-order valence-corrected chi connectivity index (χ2v) is 8.35. The third kappa shape index (κ3) is 6.06. The van der Waals surface area contributed by atoms with Crippen LogP contribution in [0.4, 0.5) is 5.69 Å². The number of pyridine rings is 1. The van der Waals surface area contributed by atoms with Crippen molar-refractivity contribution in [1.82, 2.24) is 9.97 Å². The van der Waals surface area contributed by atoms with Crippen LogP contribution >= 0.6 is 22.9 Å². The van der Waals surface area contributed by atoms with E-state index in [1.54, 1.807) is 36.7 Å². The summed E-state index contributed by atoms with van der Waals surface area (Å²) in [4.78, 5) is 21.0. The molecule has 0 fully saturated rings. The minimum atomic E-state index is -0.138. The molecule has 8 heteroatoms. The lowest BCUT2D eigenvalue weighted by Gasteiger charge is -2.11. The van der Waals surface area contributed by atoms with Crippen LogP contribution in [0.1, 0.15) is 16.3 Å². The third-order valence-corrected chi connectivity index (χ3v) is 5.56. The SMILES string of the molecule is Cc1cc(NC(=O)Cc2csc(COc3ccc(Cl)cc3)n2)ccc1Oc1cccnc1. The van der Waals surface area contributed by atoms with Gasteiger partial charge in [0.05, 0.1) is 18.3 Å². The van der Waals surface area contributed by atoms with E-state index in [9.17, 15) is 4.79 Å². The number of hydrogen-bond acceptors (Lipinski definition) is 6. The van der Waals surface area contributed by atoms with E-state index in [1.165, 1.54) is 11.3 Å². The van der Waals surface area contributed by atoms with Crippen molar-refractivity contribution < 1.29 is 14.3 Å². The Morgan fingerprint density at radius 1 is 1.12 bits per heavy atom. The molecule has 32 heavy (non-hydrogen) atoms. The average Bonchev–Trinajstić information content (AvgIpc) is 3.23. The van der Waals surface area contributed by atoms with Gasteiger partial charge in [0.2, 0.25) is 5.91 Å². The fourth-order valence-electron chi connectivity index (χ4n) is 2.92. The van der Waals surface area contributed by atoms with E-state index in [-0.39, 0.29) is 12.3 Å². The summed E-state index contributed by atoms with van der Waals surface area (Å²) in [5.74, 6) is 1.95. The van der Waals surface area contributed by atoms with Gasteiger partial charge in [-0.1, -0.05) is 11.6 Å². The molecule has 2 aromatic carbocycles. The molecule has 0 spiro atoms. The molecule has 4 rings (SSSR count). The second-order valence-electron chi connectivity index (χ2n) is 6.97. The van der Waals surface area contributed by atoms with Crippen LogP contribution in [0.5, 0.6) is 17.2 Å². The molecule has 1 amide bonds. The van der Waals surface area contributed by atoms with Crippen LogP contribution in [-0.4, -0.2) is 15.9 Å². The second kappa shape index (κ2) is 10.3. The predicted octanol–water partition coefficient (Wildman–Crippen LogP) is 6.05. The first kappa shape index (κ1) is 21.8. The van der Waals surface area contributed by atoms with E-state index < -0.39 is 0 Å². The standard InChI is InChI=1S/C24H20ClN3O3S/c1-16-11-18(6-9-22(16)31-21-3-2-10-26-13-21)27-23(29)12-19-15-32-24(28-19)14-30-20-7-4-17(25)5-8-20/h2-11,13,15H,12,14H2,1H3,(H,27,29). The lowest BCUT2D eigenvalue weighted by atomic mass is 10.2. The summed E-state index contributed by atoms with van der Waals surface area (Å²) in [7, 11) is 0. The van der Waals surface area contributed by atoms with E-state index in [0.29, 0.717) is 34.5 Å². The molecule has 0 unspecified atom stereocenters. The number of benzene rings is 2. The molecule has 0 aliphatic carbocycles. The van der Waals surface area contributed by atoms with Gasteiger partial charge in [0.1, 0.15) is 28.9 Å². The lowest BCUT2D eigenvalue weighted by Crippen LogP contribution is -2.14. The van der Waals surface area contributed by atoms with Gasteiger partial charge < -0.3 is 14.8 Å². The molecule has 0 atom stereocenters. The number of rotatable bonds is 8. The van der Waals surface area contributed by atoms with Crippen LogP contribution in [0.15, 0.2) is 72.4 Å². The fourth-order valence-corrected chi connectivity index (χ4v) is 3.75. The van der Waals surface area contributed by atoms with Gasteiger partial charge in [0.15, 0.2) is 0 Å². The molecular weight excluding hydrogens is 446 g/mol. The van der Waals surface area contributed by atoms with Crippen LogP contribution in [0.25, 0.3) is 0 Å². The fraction of sp³-hybridized carbons (Fsp3) is 0.125. The van der Waals surface area contributed by atoms with Gasteiger partial charge in [-0.3, -0.25) is 9.78 Å². The Labute approximate surface area is 194 Å². The molecular formula is C24H20ClN3O3S. The van der Waals surface area contributed by atoms with E-state index in [4.69, 9.17) is 21.1 Å². The van der Waals surface area contributed by atoms with Crippen molar-refractivity contribution >= 4 is 34.5 Å². The number of ether oxygens (including phenoxy) is 2. The number of nitrogens with one attached hydrogen (secondary N) is 1. The zero-order valence-corrected chi connectivity index (χ0v) is 18.8. The van der Waals surface area contributed by atoms with Crippen molar-refractivity contribution in [2.45, 2.75) is 20.0 Å². The topological polar surface area (TPSA) is 73.3 Å². The Hall–Kier alpha value is -3.42. The number of hydrogen-bond donors (Lipinski definition) is 1. The van der Waals surface area contributed by atoms with E-state index in [1.807, 2.05) is 42.6 Å². The Morgan fingerprint density at radius 3 is 2.72 bits per heavy atom. The van der Waals surface area contributed by atoms with Gasteiger partial charge in [-0.05, 0) is 67.1 Å². The first-order valence-corrected chi connectivity index (χ1v) is 11.1. The highest BCUT2D eigenvalue weighted by Gasteiger charge is 2.10. The highest BCUT2D eigenvalue weighted by Crippen LogP contribution is 2.27. The molecule has 4 aromatic rings. The van der Waals surface area contributed by atoms with Gasteiger partial charge in [-0.25, -0.2) is 4.98 Å². The summed E-state index contributed by atoms with van der Waals surface area (Å²) in [6.45, 7) is 2.26. The Morgan fingerprint density at radius 2 is 1.97 bits per heavy atom. The van der Waals surface area contributed by atoms with Crippen LogP contribution in [-0.2, 0) is 17.8 Å². The van der Waals surface area contributed by atoms with E-state index in [2.05, 4.69) is 15.3 Å². The smallest absolute Gasteiger partial charge is 0.230 e. The van der Waals surface area contributed by atoms with Crippen LogP contribution in [0, 0.1) is 6.92 Å². The van der Waals surface area contributed by atoms with Crippen LogP contribution < -0.4 is 14.8 Å². The summed E-state index contributed by atoms with van der Waals surface area (Å²) in [6.07, 6.45) is 3.53. The van der Waals surface area contributed by atoms with Crippen molar-refractivity contribution in [2.75, 3.05) is 5.32 Å². The third-order valence-electron chi connectivity index (χ3n) is 4.44. The number of aromatic nitrogens is 2. The van der Waals surface area contributed by atoms with Crippen LogP contribution in [0.3, 0.4) is 0 Å². The van der Waals surface area contributed by atoms with Crippen molar-refractivity contribution in [2.24, 2.45) is 0 Å². The quantitative estimate of drug-likeness (QED) is 0.342. The number of carbonyl (C=O) groups is 1. The molecule has 2 heterocycles. The molecule has 0 aliphatic heterocycles. The molecule has 0 aliphatic rings. The van der Waals surface area contributed by atoms with Crippen molar-refractivity contribution in [3.05, 3.63) is 93.7 Å². The van der Waals surface area contributed by atoms with Gasteiger partial charge in [-0.2, -0.15) is 0 Å². The largest absolute Gasteiger partial charge is 0.486 e. The van der Waals surface area contributed by atoms with Crippen molar-refractivity contribution in [1.29, 1.82) is 0 Å². The molecule has 6 nitrogen and oxygen atoms in total. The molecule has 0 radical (unpaired) electrons. The number of anilines is 1. The van der Waals surface area contributed by atoms with Crippen molar-refractivity contribution in [3.8, 4) is 17.2 Å². The monoisotopic (exact) mass is 465 g/mol. The Bertz CT molecular complexity index is 1200. The van der Waals surface area contributed by atoms with Gasteiger partial charge in [0, 0.05) is 22.3 Å². The van der Waals surface area contributed by atoms with Gasteiger partial charge in [-0.15, -0.1) is 11.3 Å². The minimum Gasteiger partial charge on any atom is -0.486 e. The highest BCUT2D eigenvalue weighted by atomic mass is 35.5. The maximum absolute atomic E-state index is 12.5. The number of nitrogens with zero attached hydrogens (tertiary/aromatic N) is 2. The number of thiazole rings is 1. The summed E-state index contributed by atoms with van der Waals surface area (Å²) in [6, 6.07) is 16.3. The number of carbonyl (C=O) groups excluding carboxylic acids is 1. The summed E-state index contributed by atoms with van der Waals surface area (Å²) < 4.78 is 11.5. The first-order valence-electron chi connectivity index (χ1n) is 9.85. The number of amides is 1. The van der Waals surface area contributed by atoms with Crippen LogP contribution in [0.2, 0.25) is 5.02 Å². The van der Waals surface area contributed by atoms with E-state index in [0.717, 1.165) is 16.3 Å². The zero-order chi connectivity index (χ0) is 22.3. The molecule has 0 saturated carbocycles. The summed E-state index contributed by atoms with van der Waals surface area (Å²) >= 11 is 7.34. The minimum absolute atomic E-state index is 0.138. The van der Waals surface area contributed by atoms with Gasteiger partial charge in [0.25, 0.3) is 0 Å². The normalized spacial score (nSPS) is 10.6. The predicted molar refractivity (Wildman–Crippen MR) is 126 cm³/mol. The number of halogens is 1. The number of aryl methyl sites for hydroxylation is 1. The van der Waals surface area contributed by atoms with Crippen molar-refractivity contribution in [3.63, 3.8) is 0 Å². The summed E-state index contributed by atoms with van der Waals surface area (Å²) in [5, 5.41) is 6.24. The first-order chi connectivity index (χ1) is 15.5. The average molecular weight is 466 g/mol. The van der Waals surface area contributed by atoms with Gasteiger partial charge >= 0.3 is 0 Å². The maximum atomic E-state index is 12.5. The molecule has 1 N–H and O–H groups in total. The molecule has 162 valence electrons. The molecule has 0 bridgehead atoms. The zero-order valence-electron chi connectivity index (χ0n) is 17.2. The lowest BCUT2D eigenvalue weighted by molar-refractivity contribution is -0.115. The molecule has 2 aromatic heterocycles. The summed E-state index contributed by atoms with van der Waals surface area (Å²) in [5.41, 5.74) is 2.31. The maximum Gasteiger partial charge on any atom is 0.230 e. The Balaban J connectivity index is 1.30. The van der Waals surface area contributed by atoms with E-state index >= 15 is 0 Å². The highest BCUT2D eigenvalue weighted by molar-refractivity contribution is 7.09. The molecule has 0 saturated heterocycles.